The molecule has 2 heteroatoms. The first-order valence-corrected chi connectivity index (χ1v) is 7.28. The molecule has 0 saturated heterocycles. The van der Waals surface area contributed by atoms with Crippen LogP contribution in [0.3, 0.4) is 0 Å². The molecule has 2 aromatic rings. The van der Waals surface area contributed by atoms with Gasteiger partial charge in [-0.05, 0) is 30.0 Å². The maximum Gasteiger partial charge on any atom is 0.0952 e. The number of nitrogens with one attached hydrogen (secondary N) is 1. The van der Waals surface area contributed by atoms with Gasteiger partial charge in [0.15, 0.2) is 0 Å². The summed E-state index contributed by atoms with van der Waals surface area (Å²) in [4.78, 5) is 0. The highest BCUT2D eigenvalue weighted by Gasteiger charge is 2.19. The summed E-state index contributed by atoms with van der Waals surface area (Å²) in [6, 6.07) is 17.2. The molecule has 3 rings (SSSR count). The zero-order valence-electron chi connectivity index (χ0n) is 11.9. The van der Waals surface area contributed by atoms with E-state index in [1.807, 2.05) is 0 Å². The Kier molecular flexibility index (Phi) is 4.14. The number of fused-ring (bicyclic) bond motifs is 1. The van der Waals surface area contributed by atoms with E-state index in [9.17, 15) is 0 Å². The zero-order valence-corrected chi connectivity index (χ0v) is 11.9. The Morgan fingerprint density at radius 2 is 2.05 bits per heavy atom. The van der Waals surface area contributed by atoms with Crippen LogP contribution in [0, 0.1) is 6.92 Å². The molecular weight excluding hydrogens is 246 g/mol. The first kappa shape index (κ1) is 13.3. The second-order valence-corrected chi connectivity index (χ2v) is 5.43. The molecule has 104 valence electrons. The van der Waals surface area contributed by atoms with Gasteiger partial charge in [-0.2, -0.15) is 0 Å². The summed E-state index contributed by atoms with van der Waals surface area (Å²) in [5, 5.41) is 3.51. The molecule has 1 aliphatic rings. The Hall–Kier alpha value is -1.64. The molecule has 0 aromatic heterocycles. The van der Waals surface area contributed by atoms with Gasteiger partial charge in [-0.15, -0.1) is 0 Å². The lowest BCUT2D eigenvalue weighted by Crippen LogP contribution is -2.27. The average Bonchev–Trinajstić information content (AvgIpc) is 2.48. The number of hydrogen-bond acceptors (Lipinski definition) is 2. The predicted molar refractivity (Wildman–Crippen MR) is 81.7 cm³/mol. The van der Waals surface area contributed by atoms with Gasteiger partial charge >= 0.3 is 0 Å². The minimum absolute atomic E-state index is 0.185. The van der Waals surface area contributed by atoms with Crippen LogP contribution in [-0.2, 0) is 17.7 Å². The summed E-state index contributed by atoms with van der Waals surface area (Å²) < 4.78 is 5.90. The van der Waals surface area contributed by atoms with Crippen molar-refractivity contribution in [2.75, 3.05) is 13.2 Å². The molecule has 2 nitrogen and oxygen atoms in total. The molecule has 1 heterocycles. The number of aryl methyl sites for hydroxylation is 1. The van der Waals surface area contributed by atoms with Gasteiger partial charge in [0.2, 0.25) is 0 Å². The molecule has 0 fully saturated rings. The molecule has 0 aliphatic carbocycles. The Bertz CT molecular complexity index is 579. The van der Waals surface area contributed by atoms with Gasteiger partial charge in [0.25, 0.3) is 0 Å². The number of benzene rings is 2. The minimum atomic E-state index is 0.185. The second-order valence-electron chi connectivity index (χ2n) is 5.43. The van der Waals surface area contributed by atoms with Crippen molar-refractivity contribution in [1.82, 2.24) is 5.32 Å². The molecule has 1 aliphatic heterocycles. The Balaban J connectivity index is 1.60. The van der Waals surface area contributed by atoms with Crippen LogP contribution in [0.1, 0.15) is 28.4 Å². The van der Waals surface area contributed by atoms with Crippen LogP contribution in [0.15, 0.2) is 48.5 Å². The minimum Gasteiger partial charge on any atom is -0.372 e. The van der Waals surface area contributed by atoms with Gasteiger partial charge in [-0.25, -0.2) is 0 Å². The number of ether oxygens (including phenoxy) is 1. The van der Waals surface area contributed by atoms with E-state index < -0.39 is 0 Å². The van der Waals surface area contributed by atoms with E-state index in [4.69, 9.17) is 4.74 Å². The SMILES string of the molecule is Cc1cccc(CNCC2OCCc3ccccc32)c1. The fraction of sp³-hybridized carbons (Fsp3) is 0.333. The summed E-state index contributed by atoms with van der Waals surface area (Å²) in [5.41, 5.74) is 5.41. The molecular formula is C18H21NO. The van der Waals surface area contributed by atoms with Crippen LogP contribution in [0.2, 0.25) is 0 Å². The molecule has 1 atom stereocenters. The highest BCUT2D eigenvalue weighted by Crippen LogP contribution is 2.26. The molecule has 0 saturated carbocycles. The lowest BCUT2D eigenvalue weighted by atomic mass is 9.97. The summed E-state index contributed by atoms with van der Waals surface area (Å²) in [7, 11) is 0. The second kappa shape index (κ2) is 6.21. The standard InChI is InChI=1S/C18H21NO/c1-14-5-4-6-15(11-14)12-19-13-18-17-8-3-2-7-16(17)9-10-20-18/h2-8,11,18-19H,9-10,12-13H2,1H3. The predicted octanol–water partition coefficient (Wildman–Crippen LogP) is 3.40. The van der Waals surface area contributed by atoms with Crippen LogP contribution in [0.25, 0.3) is 0 Å². The van der Waals surface area contributed by atoms with Crippen molar-refractivity contribution in [1.29, 1.82) is 0 Å². The molecule has 0 bridgehead atoms. The molecule has 1 unspecified atom stereocenters. The van der Waals surface area contributed by atoms with E-state index >= 15 is 0 Å². The zero-order chi connectivity index (χ0) is 13.8. The normalized spacial score (nSPS) is 17.8. The first-order valence-electron chi connectivity index (χ1n) is 7.28. The van der Waals surface area contributed by atoms with Crippen LogP contribution < -0.4 is 5.32 Å². The third-order valence-electron chi connectivity index (χ3n) is 3.83. The van der Waals surface area contributed by atoms with Crippen molar-refractivity contribution in [3.63, 3.8) is 0 Å². The highest BCUT2D eigenvalue weighted by atomic mass is 16.5. The number of rotatable bonds is 4. The topological polar surface area (TPSA) is 21.3 Å². The van der Waals surface area contributed by atoms with Gasteiger partial charge in [0, 0.05) is 13.1 Å². The Labute approximate surface area is 120 Å². The summed E-state index contributed by atoms with van der Waals surface area (Å²) in [6.45, 7) is 4.71. The van der Waals surface area contributed by atoms with E-state index in [0.717, 1.165) is 26.1 Å². The molecule has 20 heavy (non-hydrogen) atoms. The lowest BCUT2D eigenvalue weighted by molar-refractivity contribution is 0.0423. The largest absolute Gasteiger partial charge is 0.372 e. The first-order chi connectivity index (χ1) is 9.83. The molecule has 1 N–H and O–H groups in total. The van der Waals surface area contributed by atoms with Crippen molar-refractivity contribution in [2.24, 2.45) is 0 Å². The van der Waals surface area contributed by atoms with E-state index in [2.05, 4.69) is 60.8 Å². The van der Waals surface area contributed by atoms with Gasteiger partial charge in [0.1, 0.15) is 0 Å². The average molecular weight is 267 g/mol. The van der Waals surface area contributed by atoms with E-state index in [1.165, 1.54) is 22.3 Å². The van der Waals surface area contributed by atoms with Crippen molar-refractivity contribution < 1.29 is 4.74 Å². The summed E-state index contributed by atoms with van der Waals surface area (Å²) in [6.07, 6.45) is 1.22. The van der Waals surface area contributed by atoms with Crippen LogP contribution in [-0.4, -0.2) is 13.2 Å². The van der Waals surface area contributed by atoms with Crippen molar-refractivity contribution in [3.05, 3.63) is 70.8 Å². The lowest BCUT2D eigenvalue weighted by Gasteiger charge is -2.26. The Morgan fingerprint density at radius 3 is 2.95 bits per heavy atom. The molecule has 0 spiro atoms. The maximum absolute atomic E-state index is 5.90. The fourth-order valence-electron chi connectivity index (χ4n) is 2.82. The van der Waals surface area contributed by atoms with Gasteiger partial charge < -0.3 is 10.1 Å². The van der Waals surface area contributed by atoms with Crippen LogP contribution >= 0.6 is 0 Å². The monoisotopic (exact) mass is 267 g/mol. The smallest absolute Gasteiger partial charge is 0.0952 e. The van der Waals surface area contributed by atoms with E-state index in [-0.39, 0.29) is 6.10 Å². The van der Waals surface area contributed by atoms with Crippen molar-refractivity contribution >= 4 is 0 Å². The maximum atomic E-state index is 5.90. The number of hydrogen-bond donors (Lipinski definition) is 1. The quantitative estimate of drug-likeness (QED) is 0.916. The van der Waals surface area contributed by atoms with Crippen LogP contribution in [0.4, 0.5) is 0 Å². The fourth-order valence-corrected chi connectivity index (χ4v) is 2.82. The van der Waals surface area contributed by atoms with Gasteiger partial charge in [-0.3, -0.25) is 0 Å². The van der Waals surface area contributed by atoms with Crippen molar-refractivity contribution in [3.8, 4) is 0 Å². The van der Waals surface area contributed by atoms with Crippen LogP contribution in [0.5, 0.6) is 0 Å². The third kappa shape index (κ3) is 3.09. The van der Waals surface area contributed by atoms with Gasteiger partial charge in [0.05, 0.1) is 12.7 Å². The molecule has 2 aromatic carbocycles. The van der Waals surface area contributed by atoms with E-state index in [1.54, 1.807) is 0 Å². The summed E-state index contributed by atoms with van der Waals surface area (Å²) in [5.74, 6) is 0. The van der Waals surface area contributed by atoms with Gasteiger partial charge in [-0.1, -0.05) is 54.1 Å². The van der Waals surface area contributed by atoms with Crippen molar-refractivity contribution in [2.45, 2.75) is 26.0 Å². The highest BCUT2D eigenvalue weighted by molar-refractivity contribution is 5.31. The van der Waals surface area contributed by atoms with E-state index in [0.29, 0.717) is 0 Å². The summed E-state index contributed by atoms with van der Waals surface area (Å²) >= 11 is 0. The molecule has 0 amide bonds. The Morgan fingerprint density at radius 1 is 1.15 bits per heavy atom. The third-order valence-corrected chi connectivity index (χ3v) is 3.83. The molecule has 0 radical (unpaired) electrons.